The van der Waals surface area contributed by atoms with Crippen LogP contribution in [0.3, 0.4) is 0 Å². The minimum absolute atomic E-state index is 0.00185. The van der Waals surface area contributed by atoms with E-state index in [1.54, 1.807) is 0 Å². The number of nitrogen functional groups attached to an aromatic ring is 1. The van der Waals surface area contributed by atoms with Crippen molar-refractivity contribution in [3.8, 4) is 0 Å². The molecule has 0 saturated heterocycles. The molecule has 0 aliphatic heterocycles. The largest absolute Gasteiger partial charge is 0.397 e. The Balaban J connectivity index is 2.77. The zero-order chi connectivity index (χ0) is 11.3. The van der Waals surface area contributed by atoms with Gasteiger partial charge in [-0.15, -0.1) is 0 Å². The Morgan fingerprint density at radius 3 is 2.75 bits per heavy atom. The van der Waals surface area contributed by atoms with E-state index in [-0.39, 0.29) is 16.6 Å². The van der Waals surface area contributed by atoms with Crippen molar-refractivity contribution < 1.29 is 0 Å². The van der Waals surface area contributed by atoms with Crippen LogP contribution in [0, 0.1) is 0 Å². The molecule has 0 atom stereocenters. The number of rotatable bonds is 0. The Hall–Kier alpha value is -2.64. The Morgan fingerprint density at radius 2 is 1.94 bits per heavy atom. The first-order valence-corrected chi connectivity index (χ1v) is 4.41. The van der Waals surface area contributed by atoms with Crippen LogP contribution >= 0.6 is 0 Å². The van der Waals surface area contributed by atoms with E-state index in [0.717, 1.165) is 0 Å². The number of H-pyrrole nitrogens is 3. The summed E-state index contributed by atoms with van der Waals surface area (Å²) in [6.07, 6.45) is 1.46. The van der Waals surface area contributed by atoms with Crippen molar-refractivity contribution in [3.05, 3.63) is 26.9 Å². The monoisotopic (exact) mass is 218 g/mol. The minimum Gasteiger partial charge on any atom is -0.397 e. The van der Waals surface area contributed by atoms with Gasteiger partial charge in [0.05, 0.1) is 22.7 Å². The Kier molecular flexibility index (Phi) is 1.45. The third kappa shape index (κ3) is 0.922. The van der Waals surface area contributed by atoms with Gasteiger partial charge in [-0.05, 0) is 0 Å². The summed E-state index contributed by atoms with van der Waals surface area (Å²) < 4.78 is 0. The number of pyridine rings is 1. The first kappa shape index (κ1) is 8.65. The average molecular weight is 218 g/mol. The molecule has 3 aromatic rings. The number of hydrogen-bond donors (Lipinski definition) is 4. The van der Waals surface area contributed by atoms with Gasteiger partial charge in [0.2, 0.25) is 0 Å². The maximum atomic E-state index is 11.5. The highest BCUT2D eigenvalue weighted by atomic mass is 16.1. The summed E-state index contributed by atoms with van der Waals surface area (Å²) in [5, 5.41) is 11.3. The van der Waals surface area contributed by atoms with Crippen LogP contribution in [-0.2, 0) is 0 Å². The lowest BCUT2D eigenvalue weighted by Crippen LogP contribution is -2.21. The SMILES string of the molecule is Nc1c2cn[nH]c2nc2c(=O)[nH][nH]c(=O)c12. The number of fused-ring (bicyclic) bond motifs is 2. The normalized spacial score (nSPS) is 11.2. The van der Waals surface area contributed by atoms with E-state index in [1.165, 1.54) is 6.20 Å². The summed E-state index contributed by atoms with van der Waals surface area (Å²) in [6, 6.07) is 0. The highest BCUT2D eigenvalue weighted by Crippen LogP contribution is 2.21. The molecular formula is C8H6N6O2. The Morgan fingerprint density at radius 1 is 1.19 bits per heavy atom. The molecule has 5 N–H and O–H groups in total. The predicted molar refractivity (Wildman–Crippen MR) is 57.0 cm³/mol. The van der Waals surface area contributed by atoms with Gasteiger partial charge in [-0.25, -0.2) is 4.98 Å². The summed E-state index contributed by atoms with van der Waals surface area (Å²) in [7, 11) is 0. The molecule has 0 fully saturated rings. The predicted octanol–water partition coefficient (Wildman–Crippen LogP) is -0.930. The maximum Gasteiger partial charge on any atom is 0.289 e. The van der Waals surface area contributed by atoms with E-state index < -0.39 is 11.1 Å². The van der Waals surface area contributed by atoms with E-state index in [1.807, 2.05) is 0 Å². The summed E-state index contributed by atoms with van der Waals surface area (Å²) in [5.41, 5.74) is 5.38. The van der Waals surface area contributed by atoms with E-state index in [4.69, 9.17) is 5.73 Å². The third-order valence-electron chi connectivity index (χ3n) is 2.37. The molecular weight excluding hydrogens is 212 g/mol. The van der Waals surface area contributed by atoms with E-state index in [2.05, 4.69) is 25.4 Å². The second-order valence-corrected chi connectivity index (χ2v) is 3.29. The molecule has 0 saturated carbocycles. The minimum atomic E-state index is -0.502. The van der Waals surface area contributed by atoms with Crippen molar-refractivity contribution in [2.75, 3.05) is 5.73 Å². The van der Waals surface area contributed by atoms with Crippen LogP contribution in [0.25, 0.3) is 21.9 Å². The standard InChI is InChI=1S/C8H6N6O2/c9-4-2-1-10-12-6(2)11-5-3(4)7(15)13-14-8(5)16/h1H,(H,13,15)(H,14,16)(H3,9,10,11,12). The van der Waals surface area contributed by atoms with E-state index in [9.17, 15) is 9.59 Å². The van der Waals surface area contributed by atoms with Crippen LogP contribution in [0.4, 0.5) is 5.69 Å². The van der Waals surface area contributed by atoms with Gasteiger partial charge in [0, 0.05) is 0 Å². The van der Waals surface area contributed by atoms with E-state index in [0.29, 0.717) is 11.0 Å². The van der Waals surface area contributed by atoms with E-state index >= 15 is 0 Å². The van der Waals surface area contributed by atoms with Gasteiger partial charge in [-0.1, -0.05) is 0 Å². The Labute approximate surface area is 86.5 Å². The van der Waals surface area contributed by atoms with Crippen LogP contribution in [0.5, 0.6) is 0 Å². The molecule has 8 heteroatoms. The molecule has 8 nitrogen and oxygen atoms in total. The second kappa shape index (κ2) is 2.69. The lowest BCUT2D eigenvalue weighted by atomic mass is 10.2. The lowest BCUT2D eigenvalue weighted by molar-refractivity contribution is 0.971. The van der Waals surface area contributed by atoms with Crippen molar-refractivity contribution in [2.24, 2.45) is 0 Å². The van der Waals surface area contributed by atoms with Gasteiger partial charge >= 0.3 is 0 Å². The van der Waals surface area contributed by atoms with Crippen LogP contribution in [0.2, 0.25) is 0 Å². The van der Waals surface area contributed by atoms with Crippen molar-refractivity contribution in [2.45, 2.75) is 0 Å². The van der Waals surface area contributed by atoms with Gasteiger partial charge in [0.25, 0.3) is 11.1 Å². The van der Waals surface area contributed by atoms with Gasteiger partial charge in [0.15, 0.2) is 5.65 Å². The fourth-order valence-corrected chi connectivity index (χ4v) is 1.62. The first-order valence-electron chi connectivity index (χ1n) is 4.41. The van der Waals surface area contributed by atoms with Crippen LogP contribution in [-0.4, -0.2) is 25.4 Å². The van der Waals surface area contributed by atoms with Crippen molar-refractivity contribution in [1.29, 1.82) is 0 Å². The fraction of sp³-hybridized carbons (Fsp3) is 0. The van der Waals surface area contributed by atoms with Gasteiger partial charge < -0.3 is 5.73 Å². The number of aromatic nitrogens is 5. The topological polar surface area (TPSA) is 133 Å². The number of hydrogen-bond acceptors (Lipinski definition) is 5. The van der Waals surface area contributed by atoms with Gasteiger partial charge in [0.1, 0.15) is 5.52 Å². The molecule has 0 radical (unpaired) electrons. The highest BCUT2D eigenvalue weighted by molar-refractivity contribution is 6.04. The molecule has 0 amide bonds. The lowest BCUT2D eigenvalue weighted by Gasteiger charge is -2.00. The molecule has 0 aliphatic rings. The molecule has 0 spiro atoms. The number of aromatic amines is 3. The molecule has 0 bridgehead atoms. The molecule has 3 heterocycles. The molecule has 80 valence electrons. The zero-order valence-corrected chi connectivity index (χ0v) is 7.87. The molecule has 3 rings (SSSR count). The molecule has 0 aliphatic carbocycles. The van der Waals surface area contributed by atoms with Crippen LogP contribution in [0.15, 0.2) is 15.8 Å². The van der Waals surface area contributed by atoms with Crippen LogP contribution < -0.4 is 16.9 Å². The zero-order valence-electron chi connectivity index (χ0n) is 7.87. The summed E-state index contributed by atoms with van der Waals surface area (Å²) in [6.45, 7) is 0. The number of nitrogens with two attached hydrogens (primary N) is 1. The first-order chi connectivity index (χ1) is 7.68. The summed E-state index contributed by atoms with van der Waals surface area (Å²) in [5.74, 6) is 0. The third-order valence-corrected chi connectivity index (χ3v) is 2.37. The van der Waals surface area contributed by atoms with Crippen molar-refractivity contribution in [1.82, 2.24) is 25.4 Å². The van der Waals surface area contributed by atoms with Crippen LogP contribution in [0.1, 0.15) is 0 Å². The maximum absolute atomic E-state index is 11.5. The van der Waals surface area contributed by atoms with Gasteiger partial charge in [-0.2, -0.15) is 5.10 Å². The Bertz CT molecular complexity index is 811. The van der Waals surface area contributed by atoms with Crippen molar-refractivity contribution in [3.63, 3.8) is 0 Å². The highest BCUT2D eigenvalue weighted by Gasteiger charge is 2.13. The molecule has 16 heavy (non-hydrogen) atoms. The summed E-state index contributed by atoms with van der Waals surface area (Å²) in [4.78, 5) is 27.0. The fourth-order valence-electron chi connectivity index (χ4n) is 1.62. The average Bonchev–Trinajstić information content (AvgIpc) is 2.72. The molecule has 0 aromatic carbocycles. The van der Waals surface area contributed by atoms with Gasteiger partial charge in [-0.3, -0.25) is 24.9 Å². The van der Waals surface area contributed by atoms with Crippen molar-refractivity contribution >= 4 is 27.6 Å². The molecule has 3 aromatic heterocycles. The second-order valence-electron chi connectivity index (χ2n) is 3.29. The summed E-state index contributed by atoms with van der Waals surface area (Å²) >= 11 is 0. The number of anilines is 1. The number of nitrogens with one attached hydrogen (secondary N) is 3. The smallest absolute Gasteiger partial charge is 0.289 e. The quantitative estimate of drug-likeness (QED) is 0.386. The molecule has 0 unspecified atom stereocenters. The number of nitrogens with zero attached hydrogens (tertiary/aromatic N) is 2.